The molecule has 2 aromatic rings. The lowest BCUT2D eigenvalue weighted by Crippen LogP contribution is -2.31. The second-order valence-corrected chi connectivity index (χ2v) is 3.48. The van der Waals surface area contributed by atoms with Crippen molar-refractivity contribution in [1.29, 1.82) is 0 Å². The van der Waals surface area contributed by atoms with Crippen molar-refractivity contribution in [3.05, 3.63) is 30.6 Å². The van der Waals surface area contributed by atoms with Gasteiger partial charge in [-0.1, -0.05) is 6.07 Å². The number of rotatable bonds is 4. The molecular formula is C11H13N5O2. The highest BCUT2D eigenvalue weighted by Gasteiger charge is 2.10. The Bertz CT molecular complexity index is 511. The lowest BCUT2D eigenvalue weighted by Gasteiger charge is -2.06. The number of amides is 2. The van der Waals surface area contributed by atoms with Crippen LogP contribution in [0.5, 0.6) is 0 Å². The smallest absolute Gasteiger partial charge is 0.319 e. The summed E-state index contributed by atoms with van der Waals surface area (Å²) in [5, 5.41) is 20.4. The molecular weight excluding hydrogens is 234 g/mol. The molecule has 7 nitrogen and oxygen atoms in total. The Hall–Kier alpha value is -2.41. The van der Waals surface area contributed by atoms with Crippen LogP contribution in [0.4, 0.5) is 10.5 Å². The molecule has 0 aliphatic carbocycles. The van der Waals surface area contributed by atoms with Crippen molar-refractivity contribution in [3.8, 4) is 11.4 Å². The Morgan fingerprint density at radius 3 is 3.06 bits per heavy atom. The van der Waals surface area contributed by atoms with E-state index < -0.39 is 6.03 Å². The van der Waals surface area contributed by atoms with Gasteiger partial charge in [-0.3, -0.25) is 10.1 Å². The van der Waals surface area contributed by atoms with Gasteiger partial charge in [0, 0.05) is 12.7 Å². The number of hydrogen-bond acceptors (Lipinski definition) is 4. The molecule has 0 spiro atoms. The Balaban J connectivity index is 2.11. The van der Waals surface area contributed by atoms with Crippen molar-refractivity contribution in [2.45, 2.75) is 0 Å². The number of carbonyl (C=O) groups excluding carboxylic acids is 1. The predicted molar refractivity (Wildman–Crippen MR) is 65.9 cm³/mol. The van der Waals surface area contributed by atoms with Gasteiger partial charge in [0.05, 0.1) is 24.2 Å². The highest BCUT2D eigenvalue weighted by atomic mass is 16.3. The summed E-state index contributed by atoms with van der Waals surface area (Å²) in [4.78, 5) is 15.6. The molecule has 2 aromatic heterocycles. The third-order valence-corrected chi connectivity index (χ3v) is 2.21. The van der Waals surface area contributed by atoms with Crippen LogP contribution in [0, 0.1) is 0 Å². The van der Waals surface area contributed by atoms with E-state index in [1.165, 1.54) is 6.20 Å². The summed E-state index contributed by atoms with van der Waals surface area (Å²) in [6, 6.07) is 5.06. The van der Waals surface area contributed by atoms with Crippen LogP contribution >= 0.6 is 0 Å². The quantitative estimate of drug-likeness (QED) is 0.634. The first kappa shape index (κ1) is 12.1. The summed E-state index contributed by atoms with van der Waals surface area (Å²) in [6.45, 7) is 0.0918. The second kappa shape index (κ2) is 5.78. The molecule has 0 saturated heterocycles. The summed E-state index contributed by atoms with van der Waals surface area (Å²) in [7, 11) is 0. The Morgan fingerprint density at radius 2 is 2.33 bits per heavy atom. The van der Waals surface area contributed by atoms with Crippen LogP contribution in [0.1, 0.15) is 0 Å². The van der Waals surface area contributed by atoms with Crippen molar-refractivity contribution in [2.24, 2.45) is 0 Å². The number of aromatic amines is 1. The fourth-order valence-electron chi connectivity index (χ4n) is 1.42. The lowest BCUT2D eigenvalue weighted by atomic mass is 10.2. The maximum Gasteiger partial charge on any atom is 0.319 e. The SMILES string of the molecule is O=C(NCCO)Nc1cn[nH]c1-c1ccccn1. The molecule has 0 aromatic carbocycles. The van der Waals surface area contributed by atoms with E-state index in [9.17, 15) is 4.79 Å². The van der Waals surface area contributed by atoms with Gasteiger partial charge >= 0.3 is 6.03 Å². The van der Waals surface area contributed by atoms with E-state index >= 15 is 0 Å². The predicted octanol–water partition coefficient (Wildman–Crippen LogP) is 0.585. The van der Waals surface area contributed by atoms with E-state index in [0.29, 0.717) is 17.1 Å². The molecule has 0 saturated carbocycles. The minimum absolute atomic E-state index is 0.105. The third kappa shape index (κ3) is 2.83. The number of aromatic nitrogens is 3. The molecule has 94 valence electrons. The first-order valence-corrected chi connectivity index (χ1v) is 5.41. The summed E-state index contributed by atoms with van der Waals surface area (Å²) < 4.78 is 0. The molecule has 0 atom stereocenters. The van der Waals surface area contributed by atoms with Gasteiger partial charge in [-0.05, 0) is 12.1 Å². The van der Waals surface area contributed by atoms with Gasteiger partial charge in [-0.25, -0.2) is 4.79 Å². The van der Waals surface area contributed by atoms with E-state index in [1.807, 2.05) is 12.1 Å². The van der Waals surface area contributed by atoms with Crippen LogP contribution in [-0.2, 0) is 0 Å². The van der Waals surface area contributed by atoms with Gasteiger partial charge in [0.1, 0.15) is 5.69 Å². The van der Waals surface area contributed by atoms with Gasteiger partial charge in [-0.15, -0.1) is 0 Å². The van der Waals surface area contributed by atoms with Crippen molar-refractivity contribution in [3.63, 3.8) is 0 Å². The fourth-order valence-corrected chi connectivity index (χ4v) is 1.42. The van der Waals surface area contributed by atoms with E-state index in [2.05, 4.69) is 25.8 Å². The number of aliphatic hydroxyl groups excluding tert-OH is 1. The molecule has 0 radical (unpaired) electrons. The minimum Gasteiger partial charge on any atom is -0.395 e. The Morgan fingerprint density at radius 1 is 1.44 bits per heavy atom. The number of H-pyrrole nitrogens is 1. The van der Waals surface area contributed by atoms with Crippen LogP contribution in [0.15, 0.2) is 30.6 Å². The number of nitrogens with one attached hydrogen (secondary N) is 3. The van der Waals surface area contributed by atoms with Crippen molar-refractivity contribution in [2.75, 3.05) is 18.5 Å². The molecule has 2 amide bonds. The third-order valence-electron chi connectivity index (χ3n) is 2.21. The standard InChI is InChI=1S/C11H13N5O2/c17-6-5-13-11(18)15-9-7-14-16-10(9)8-3-1-2-4-12-8/h1-4,7,17H,5-6H2,(H,14,16)(H2,13,15,18). The molecule has 4 N–H and O–H groups in total. The number of anilines is 1. The minimum atomic E-state index is -0.400. The first-order chi connectivity index (χ1) is 8.81. The maximum atomic E-state index is 11.5. The molecule has 0 aliphatic rings. The topological polar surface area (TPSA) is 103 Å². The zero-order valence-electron chi connectivity index (χ0n) is 9.55. The van der Waals surface area contributed by atoms with Gasteiger partial charge in [-0.2, -0.15) is 5.10 Å². The number of carbonyl (C=O) groups is 1. The van der Waals surface area contributed by atoms with E-state index in [-0.39, 0.29) is 13.2 Å². The molecule has 18 heavy (non-hydrogen) atoms. The van der Waals surface area contributed by atoms with Gasteiger partial charge in [0.25, 0.3) is 0 Å². The average Bonchev–Trinajstić information content (AvgIpc) is 2.85. The maximum absolute atomic E-state index is 11.5. The summed E-state index contributed by atoms with van der Waals surface area (Å²) >= 11 is 0. The monoisotopic (exact) mass is 247 g/mol. The molecule has 0 unspecified atom stereocenters. The van der Waals surface area contributed by atoms with E-state index in [1.54, 1.807) is 12.3 Å². The number of urea groups is 1. The van der Waals surface area contributed by atoms with Crippen molar-refractivity contribution >= 4 is 11.7 Å². The van der Waals surface area contributed by atoms with Crippen LogP contribution in [0.3, 0.4) is 0 Å². The zero-order chi connectivity index (χ0) is 12.8. The van der Waals surface area contributed by atoms with Crippen molar-refractivity contribution < 1.29 is 9.90 Å². The largest absolute Gasteiger partial charge is 0.395 e. The molecule has 0 fully saturated rings. The summed E-state index contributed by atoms with van der Waals surface area (Å²) in [6.07, 6.45) is 3.16. The Kier molecular flexibility index (Phi) is 3.87. The molecule has 7 heteroatoms. The highest BCUT2D eigenvalue weighted by Crippen LogP contribution is 2.22. The van der Waals surface area contributed by atoms with Gasteiger partial charge in [0.15, 0.2) is 0 Å². The van der Waals surface area contributed by atoms with Gasteiger partial charge in [0.2, 0.25) is 0 Å². The Labute approximate surface area is 103 Å². The summed E-state index contributed by atoms with van der Waals surface area (Å²) in [5.41, 5.74) is 1.85. The van der Waals surface area contributed by atoms with Crippen LogP contribution in [0.2, 0.25) is 0 Å². The normalized spacial score (nSPS) is 10.1. The number of aliphatic hydroxyl groups is 1. The first-order valence-electron chi connectivity index (χ1n) is 5.41. The zero-order valence-corrected chi connectivity index (χ0v) is 9.55. The van der Waals surface area contributed by atoms with Crippen LogP contribution in [-0.4, -0.2) is 39.5 Å². The number of nitrogens with zero attached hydrogens (tertiary/aromatic N) is 2. The number of pyridine rings is 1. The van der Waals surface area contributed by atoms with E-state index in [4.69, 9.17) is 5.11 Å². The van der Waals surface area contributed by atoms with E-state index in [0.717, 1.165) is 0 Å². The van der Waals surface area contributed by atoms with Gasteiger partial charge < -0.3 is 15.7 Å². The van der Waals surface area contributed by atoms with Crippen LogP contribution in [0.25, 0.3) is 11.4 Å². The fraction of sp³-hybridized carbons (Fsp3) is 0.182. The molecule has 0 aliphatic heterocycles. The lowest BCUT2D eigenvalue weighted by molar-refractivity contribution is 0.245. The highest BCUT2D eigenvalue weighted by molar-refractivity contribution is 5.92. The molecule has 0 bridgehead atoms. The number of hydrogen-bond donors (Lipinski definition) is 4. The molecule has 2 rings (SSSR count). The molecule has 2 heterocycles. The second-order valence-electron chi connectivity index (χ2n) is 3.48. The van der Waals surface area contributed by atoms with Crippen molar-refractivity contribution in [1.82, 2.24) is 20.5 Å². The van der Waals surface area contributed by atoms with Crippen LogP contribution < -0.4 is 10.6 Å². The average molecular weight is 247 g/mol. The summed E-state index contributed by atoms with van der Waals surface area (Å²) in [5.74, 6) is 0.